The summed E-state index contributed by atoms with van der Waals surface area (Å²) in [5.41, 5.74) is 4.39. The molecule has 0 unspecified atom stereocenters. The fourth-order valence-electron chi connectivity index (χ4n) is 2.93. The van der Waals surface area contributed by atoms with Crippen molar-refractivity contribution < 1.29 is 29.1 Å². The molecule has 10 heteroatoms. The first-order chi connectivity index (χ1) is 19.2. The van der Waals surface area contributed by atoms with Gasteiger partial charge in [-0.2, -0.15) is 0 Å². The van der Waals surface area contributed by atoms with Gasteiger partial charge in [0.1, 0.15) is 24.9 Å². The normalized spacial score (nSPS) is 9.47. The van der Waals surface area contributed by atoms with Crippen LogP contribution in [0.15, 0.2) is 97.1 Å². The van der Waals surface area contributed by atoms with Crippen molar-refractivity contribution >= 4 is 84.1 Å². The molecule has 0 spiro atoms. The number of carbonyl (C=O) groups excluding carboxylic acids is 2. The van der Waals surface area contributed by atoms with Crippen LogP contribution in [0, 0.1) is 6.92 Å². The quantitative estimate of drug-likeness (QED) is 0.114. The number of benzene rings is 4. The fraction of sp³-hybridized carbons (Fsp3) is 0.133. The van der Waals surface area contributed by atoms with Gasteiger partial charge in [0.05, 0.1) is 7.11 Å². The molecule has 0 saturated carbocycles. The Kier molecular flexibility index (Phi) is 20.5. The van der Waals surface area contributed by atoms with E-state index in [9.17, 15) is 9.59 Å². The number of ether oxygens (including phenoxy) is 2. The first-order valence-electron chi connectivity index (χ1n) is 11.7. The standard InChI is InChI=1S/C15H14O2.C8H8O3.C7H7Cl.3HI.V/c1-12-7-8-14(10-16)9-15(12)17-11-13-5-3-2-4-6-13;1-11-8-3-2-6(5-9)4-7(8)10;8-6-7-4-2-1-3-5-7;;;;/h2-10H,11H2,1H3;2-5,10H,1H3;1-5H,6H2;3*1H;/q;;;;;;+3/p-3. The van der Waals surface area contributed by atoms with E-state index in [4.69, 9.17) is 26.2 Å². The number of aryl methyl sites for hydroxylation is 1. The Balaban J connectivity index is 0.000000299. The zero-order chi connectivity index (χ0) is 29.8. The van der Waals surface area contributed by atoms with Crippen molar-refractivity contribution in [2.75, 3.05) is 7.11 Å². The van der Waals surface area contributed by atoms with Crippen molar-refractivity contribution in [3.8, 4) is 17.2 Å². The maximum absolute atomic E-state index is 10.7. The fourth-order valence-corrected chi connectivity index (χ4v) is 3.11. The summed E-state index contributed by atoms with van der Waals surface area (Å²) in [7, 11) is 1.45. The van der Waals surface area contributed by atoms with Crippen LogP contribution in [0.25, 0.3) is 0 Å². The van der Waals surface area contributed by atoms with Crippen LogP contribution in [0.2, 0.25) is 0 Å². The van der Waals surface area contributed by atoms with Crippen LogP contribution in [-0.2, 0) is 17.4 Å². The summed E-state index contributed by atoms with van der Waals surface area (Å²) in [4.78, 5) is 20.6. The number of hydrogen-bond donors (Lipinski definition) is 1. The van der Waals surface area contributed by atoms with E-state index in [2.05, 4.69) is 59.9 Å². The molecular weight excluding hydrogens is 907 g/mol. The van der Waals surface area contributed by atoms with Gasteiger partial charge in [0.15, 0.2) is 11.5 Å². The monoisotopic (exact) mass is 936 g/mol. The molecule has 4 aromatic carbocycles. The Morgan fingerprint density at radius 1 is 0.775 bits per heavy atom. The van der Waals surface area contributed by atoms with Crippen LogP contribution in [-0.4, -0.2) is 24.8 Å². The molecule has 0 bridgehead atoms. The summed E-state index contributed by atoms with van der Waals surface area (Å²) < 4.78 is 10.5. The van der Waals surface area contributed by atoms with E-state index in [-0.39, 0.29) is 10.7 Å². The van der Waals surface area contributed by atoms with Gasteiger partial charge in [0.2, 0.25) is 0 Å². The third kappa shape index (κ3) is 16.2. The molecule has 5 nitrogen and oxygen atoms in total. The van der Waals surface area contributed by atoms with E-state index in [1.165, 1.54) is 18.7 Å². The number of phenols is 1. The topological polar surface area (TPSA) is 72.8 Å². The molecule has 212 valence electrons. The second-order valence-corrected chi connectivity index (χ2v) is 43.4. The number of aldehydes is 2. The van der Waals surface area contributed by atoms with E-state index in [1.807, 2.05) is 73.7 Å². The van der Waals surface area contributed by atoms with Gasteiger partial charge in [0.25, 0.3) is 0 Å². The minimum absolute atomic E-state index is 0.0166. The van der Waals surface area contributed by atoms with Crippen LogP contribution < -0.4 is 9.47 Å². The molecule has 0 aromatic heterocycles. The Morgan fingerprint density at radius 2 is 1.27 bits per heavy atom. The number of hydrogen-bond acceptors (Lipinski definition) is 5. The van der Waals surface area contributed by atoms with E-state index in [0.717, 1.165) is 23.2 Å². The summed E-state index contributed by atoms with van der Waals surface area (Å²) in [6.45, 7) is 2.49. The second-order valence-electron chi connectivity index (χ2n) is 7.78. The molecule has 4 aromatic rings. The number of alkyl halides is 1. The average Bonchev–Trinajstić information content (AvgIpc) is 2.98. The number of phenolic OH excluding ortho intramolecular Hbond substituents is 1. The summed E-state index contributed by atoms with van der Waals surface area (Å²) in [5.74, 6) is 1.73. The molecule has 0 aliphatic carbocycles. The molecule has 0 fully saturated rings. The van der Waals surface area contributed by atoms with Gasteiger partial charge in [-0.15, -0.1) is 11.6 Å². The first-order valence-corrected chi connectivity index (χ1v) is 25.7. The van der Waals surface area contributed by atoms with Crippen LogP contribution in [0.1, 0.15) is 37.4 Å². The first kappa shape index (κ1) is 36.7. The van der Waals surface area contributed by atoms with Gasteiger partial charge in [0, 0.05) is 17.0 Å². The van der Waals surface area contributed by atoms with Crippen LogP contribution in [0.5, 0.6) is 17.2 Å². The Labute approximate surface area is 278 Å². The Bertz CT molecular complexity index is 1280. The van der Waals surface area contributed by atoms with Gasteiger partial charge < -0.3 is 14.6 Å². The van der Waals surface area contributed by atoms with Gasteiger partial charge in [-0.3, -0.25) is 9.59 Å². The number of rotatable bonds is 7. The summed E-state index contributed by atoms with van der Waals surface area (Å²) in [5, 5.41) is 9.14. The van der Waals surface area contributed by atoms with Crippen molar-refractivity contribution in [2.45, 2.75) is 19.4 Å². The second kappa shape index (κ2) is 22.3. The molecule has 0 radical (unpaired) electrons. The molecule has 40 heavy (non-hydrogen) atoms. The van der Waals surface area contributed by atoms with Crippen molar-refractivity contribution in [3.05, 3.63) is 125 Å². The Hall–Kier alpha value is -1.32. The van der Waals surface area contributed by atoms with Gasteiger partial charge in [-0.1, -0.05) is 72.8 Å². The molecule has 0 aliphatic rings. The van der Waals surface area contributed by atoms with E-state index in [1.54, 1.807) is 24.3 Å². The third-order valence-electron chi connectivity index (χ3n) is 4.92. The molecule has 0 atom stereocenters. The molecule has 0 aliphatic heterocycles. The van der Waals surface area contributed by atoms with Gasteiger partial charge in [-0.25, -0.2) is 0 Å². The summed E-state index contributed by atoms with van der Waals surface area (Å²) in [6, 6.07) is 29.8. The Morgan fingerprint density at radius 3 is 1.73 bits per heavy atom. The third-order valence-corrected chi connectivity index (χ3v) is 5.23. The molecular formula is C30H29ClI3O5V. The molecule has 4 rings (SSSR count). The van der Waals surface area contributed by atoms with Crippen LogP contribution >= 0.6 is 71.5 Å². The van der Waals surface area contributed by atoms with Gasteiger partial charge >= 0.3 is 64.9 Å². The molecule has 0 heterocycles. The van der Waals surface area contributed by atoms with Crippen molar-refractivity contribution in [3.63, 3.8) is 0 Å². The molecule has 0 amide bonds. The average molecular weight is 937 g/mol. The maximum atomic E-state index is 10.7. The predicted molar refractivity (Wildman–Crippen MR) is 185 cm³/mol. The molecule has 1 N–H and O–H groups in total. The van der Waals surface area contributed by atoms with Crippen LogP contribution in [0.3, 0.4) is 0 Å². The van der Waals surface area contributed by atoms with Crippen molar-refractivity contribution in [1.29, 1.82) is 0 Å². The summed E-state index contributed by atoms with van der Waals surface area (Å²) in [6.07, 6.45) is 1.49. The van der Waals surface area contributed by atoms with Crippen molar-refractivity contribution in [1.82, 2.24) is 0 Å². The zero-order valence-corrected chi connectivity index (χ0v) is 30.5. The SMILES string of the molecule is COc1ccc(C=O)cc1O.Cc1ccc(C=O)cc1OCc1ccccc1.ClCc1ccccc1.[I][V]([I])[I]. The number of carbonyl (C=O) groups is 2. The summed E-state index contributed by atoms with van der Waals surface area (Å²) >= 11 is 12.9. The van der Waals surface area contributed by atoms with Crippen molar-refractivity contribution in [2.24, 2.45) is 0 Å². The zero-order valence-electron chi connectivity index (χ0n) is 21.8. The number of methoxy groups -OCH3 is 1. The number of aromatic hydroxyl groups is 1. The minimum atomic E-state index is -0.278. The number of halogens is 4. The van der Waals surface area contributed by atoms with Gasteiger partial charge in [-0.05, 0) is 47.9 Å². The predicted octanol–water partition coefficient (Wildman–Crippen LogP) is 9.68. The van der Waals surface area contributed by atoms with E-state index in [0.29, 0.717) is 35.6 Å². The molecule has 0 saturated heterocycles. The van der Waals surface area contributed by atoms with Crippen LogP contribution in [0.4, 0.5) is 0 Å². The van der Waals surface area contributed by atoms with E-state index < -0.39 is 0 Å². The van der Waals surface area contributed by atoms with E-state index >= 15 is 0 Å².